The molecule has 1 amide bonds. The van der Waals surface area contributed by atoms with Crippen molar-refractivity contribution >= 4 is 45.1 Å². The summed E-state index contributed by atoms with van der Waals surface area (Å²) >= 11 is 4.79. The Morgan fingerprint density at radius 3 is 2.83 bits per heavy atom. The number of nitrogens with one attached hydrogen (secondary N) is 1. The van der Waals surface area contributed by atoms with Gasteiger partial charge in [-0.25, -0.2) is 5.43 Å². The fraction of sp³-hybridized carbons (Fsp3) is 0.143. The van der Waals surface area contributed by atoms with Gasteiger partial charge >= 0.3 is 5.69 Å². The molecular weight excluding hydrogens is 386 g/mol. The Morgan fingerprint density at radius 1 is 1.43 bits per heavy atom. The molecule has 1 atom stereocenters. The first-order valence-electron chi connectivity index (χ1n) is 6.45. The topological polar surface area (TPSA) is 93.8 Å². The zero-order valence-electron chi connectivity index (χ0n) is 11.9. The van der Waals surface area contributed by atoms with Gasteiger partial charge in [-0.05, 0) is 41.1 Å². The van der Waals surface area contributed by atoms with Crippen LogP contribution >= 0.6 is 27.3 Å². The maximum absolute atomic E-state index is 11.9. The fourth-order valence-corrected chi connectivity index (χ4v) is 2.90. The molecular formula is C14H12BrN3O4S. The number of carbonyl (C=O) groups is 1. The van der Waals surface area contributed by atoms with E-state index in [0.717, 1.165) is 8.66 Å². The van der Waals surface area contributed by atoms with E-state index in [1.54, 1.807) is 6.07 Å². The Kier molecular flexibility index (Phi) is 5.83. The third-order valence-electron chi connectivity index (χ3n) is 2.70. The molecule has 0 saturated heterocycles. The maximum atomic E-state index is 11.9. The predicted molar refractivity (Wildman–Crippen MR) is 90.9 cm³/mol. The Morgan fingerprint density at radius 2 is 2.17 bits per heavy atom. The second-order valence-electron chi connectivity index (χ2n) is 4.36. The average molecular weight is 398 g/mol. The number of nitrogens with zero attached hydrogens (tertiary/aromatic N) is 2. The van der Waals surface area contributed by atoms with Crippen LogP contribution in [0.5, 0.6) is 5.75 Å². The quantitative estimate of drug-likeness (QED) is 0.459. The number of amides is 1. The number of nitro groups is 1. The van der Waals surface area contributed by atoms with Crippen molar-refractivity contribution in [2.24, 2.45) is 5.10 Å². The summed E-state index contributed by atoms with van der Waals surface area (Å²) in [5, 5.41) is 14.7. The van der Waals surface area contributed by atoms with Crippen molar-refractivity contribution in [1.82, 2.24) is 5.43 Å². The van der Waals surface area contributed by atoms with Crippen molar-refractivity contribution in [3.05, 3.63) is 55.2 Å². The van der Waals surface area contributed by atoms with Gasteiger partial charge in [0, 0.05) is 10.9 Å². The monoisotopic (exact) mass is 397 g/mol. The molecule has 9 heteroatoms. The summed E-state index contributed by atoms with van der Waals surface area (Å²) in [5.41, 5.74) is 2.14. The van der Waals surface area contributed by atoms with E-state index in [1.165, 1.54) is 42.7 Å². The molecule has 0 bridgehead atoms. The largest absolute Gasteiger partial charge is 0.474 e. The third kappa shape index (κ3) is 4.86. The highest BCUT2D eigenvalue weighted by Crippen LogP contribution is 2.26. The number of rotatable bonds is 6. The van der Waals surface area contributed by atoms with Crippen molar-refractivity contribution in [3.8, 4) is 5.75 Å². The lowest BCUT2D eigenvalue weighted by Crippen LogP contribution is -2.33. The highest BCUT2D eigenvalue weighted by atomic mass is 79.9. The molecule has 2 rings (SSSR count). The molecule has 0 unspecified atom stereocenters. The lowest BCUT2D eigenvalue weighted by Gasteiger charge is -2.12. The summed E-state index contributed by atoms with van der Waals surface area (Å²) in [6.45, 7) is 1.49. The first-order chi connectivity index (χ1) is 11.0. The van der Waals surface area contributed by atoms with E-state index >= 15 is 0 Å². The van der Waals surface area contributed by atoms with Gasteiger partial charge in [0.15, 0.2) is 11.9 Å². The molecule has 0 radical (unpaired) electrons. The number of para-hydroxylation sites is 2. The molecule has 7 nitrogen and oxygen atoms in total. The summed E-state index contributed by atoms with van der Waals surface area (Å²) < 4.78 is 6.30. The highest BCUT2D eigenvalue weighted by Gasteiger charge is 2.20. The minimum Gasteiger partial charge on any atom is -0.474 e. The minimum absolute atomic E-state index is 0.0336. The van der Waals surface area contributed by atoms with E-state index in [0.29, 0.717) is 0 Å². The van der Waals surface area contributed by atoms with Crippen LogP contribution in [0.1, 0.15) is 11.8 Å². The number of thiophene rings is 1. The summed E-state index contributed by atoms with van der Waals surface area (Å²) in [4.78, 5) is 23.1. The van der Waals surface area contributed by atoms with Gasteiger partial charge in [-0.15, -0.1) is 11.3 Å². The van der Waals surface area contributed by atoms with Gasteiger partial charge in [0.2, 0.25) is 0 Å². The Hall–Kier alpha value is -2.26. The SMILES string of the molecule is C[C@@H](Oc1ccccc1[N+](=O)[O-])C(=O)N/N=C\c1ccc(Br)s1. The van der Waals surface area contributed by atoms with Crippen LogP contribution in [-0.2, 0) is 4.79 Å². The van der Waals surface area contributed by atoms with Crippen LogP contribution in [0, 0.1) is 10.1 Å². The average Bonchev–Trinajstić information content (AvgIpc) is 2.93. The Balaban J connectivity index is 1.95. The number of carbonyl (C=O) groups excluding carboxylic acids is 1. The second kappa shape index (κ2) is 7.84. The number of ether oxygens (including phenoxy) is 1. The zero-order chi connectivity index (χ0) is 16.8. The van der Waals surface area contributed by atoms with E-state index in [-0.39, 0.29) is 11.4 Å². The van der Waals surface area contributed by atoms with Gasteiger partial charge in [-0.3, -0.25) is 14.9 Å². The van der Waals surface area contributed by atoms with Crippen LogP contribution < -0.4 is 10.2 Å². The molecule has 1 N–H and O–H groups in total. The van der Waals surface area contributed by atoms with Crippen molar-refractivity contribution in [2.75, 3.05) is 0 Å². The van der Waals surface area contributed by atoms with Crippen LogP contribution in [0.15, 0.2) is 45.3 Å². The summed E-state index contributed by atoms with van der Waals surface area (Å²) in [5.74, 6) is -0.471. The van der Waals surface area contributed by atoms with Gasteiger partial charge < -0.3 is 4.74 Å². The van der Waals surface area contributed by atoms with Crippen LogP contribution in [0.4, 0.5) is 5.69 Å². The van der Waals surface area contributed by atoms with Crippen molar-refractivity contribution < 1.29 is 14.5 Å². The van der Waals surface area contributed by atoms with Crippen LogP contribution in [-0.4, -0.2) is 23.1 Å². The molecule has 2 aromatic rings. The summed E-state index contributed by atoms with van der Waals surface area (Å²) in [7, 11) is 0. The number of nitro benzene ring substituents is 1. The van der Waals surface area contributed by atoms with E-state index in [2.05, 4.69) is 26.5 Å². The molecule has 120 valence electrons. The van der Waals surface area contributed by atoms with Crippen LogP contribution in [0.3, 0.4) is 0 Å². The van der Waals surface area contributed by atoms with E-state index < -0.39 is 16.9 Å². The number of hydrazone groups is 1. The minimum atomic E-state index is -0.927. The van der Waals surface area contributed by atoms with Crippen LogP contribution in [0.25, 0.3) is 0 Å². The van der Waals surface area contributed by atoms with Crippen LogP contribution in [0.2, 0.25) is 0 Å². The van der Waals surface area contributed by atoms with Gasteiger partial charge in [0.25, 0.3) is 5.91 Å². The van der Waals surface area contributed by atoms with Gasteiger partial charge in [0.05, 0.1) is 14.9 Å². The molecule has 0 aliphatic carbocycles. The third-order valence-corrected chi connectivity index (χ3v) is 4.25. The lowest BCUT2D eigenvalue weighted by molar-refractivity contribution is -0.386. The van der Waals surface area contributed by atoms with Crippen molar-refractivity contribution in [3.63, 3.8) is 0 Å². The number of hydrogen-bond donors (Lipinski definition) is 1. The fourth-order valence-electron chi connectivity index (χ4n) is 1.60. The second-order valence-corrected chi connectivity index (χ2v) is 6.86. The summed E-state index contributed by atoms with van der Waals surface area (Å²) in [6, 6.07) is 9.59. The molecule has 0 aliphatic heterocycles. The zero-order valence-corrected chi connectivity index (χ0v) is 14.3. The predicted octanol–water partition coefficient (Wildman–Crippen LogP) is 3.34. The van der Waals surface area contributed by atoms with Gasteiger partial charge in [-0.2, -0.15) is 5.10 Å². The molecule has 1 aromatic heterocycles. The molecule has 1 aromatic carbocycles. The van der Waals surface area contributed by atoms with E-state index in [1.807, 2.05) is 12.1 Å². The molecule has 0 fully saturated rings. The van der Waals surface area contributed by atoms with E-state index in [9.17, 15) is 14.9 Å². The molecule has 0 saturated carbocycles. The van der Waals surface area contributed by atoms with Crippen molar-refractivity contribution in [1.29, 1.82) is 0 Å². The first kappa shape index (κ1) is 17.1. The van der Waals surface area contributed by atoms with Gasteiger partial charge in [0.1, 0.15) is 0 Å². The first-order valence-corrected chi connectivity index (χ1v) is 8.06. The number of hydrogen-bond acceptors (Lipinski definition) is 6. The molecule has 23 heavy (non-hydrogen) atoms. The lowest BCUT2D eigenvalue weighted by atomic mass is 10.3. The summed E-state index contributed by atoms with van der Waals surface area (Å²) in [6.07, 6.45) is 0.577. The van der Waals surface area contributed by atoms with Gasteiger partial charge in [-0.1, -0.05) is 12.1 Å². The Labute approximate surface area is 144 Å². The number of halogens is 1. The number of benzene rings is 1. The highest BCUT2D eigenvalue weighted by molar-refractivity contribution is 9.11. The molecule has 1 heterocycles. The molecule has 0 aliphatic rings. The standard InChI is InChI=1S/C14H12BrN3O4S/c1-9(22-12-5-3-2-4-11(12)18(20)21)14(19)17-16-8-10-6-7-13(15)23-10/h2-9H,1H3,(H,17,19)/b16-8-/t9-/m1/s1. The Bertz CT molecular complexity index is 747. The molecule has 0 spiro atoms. The van der Waals surface area contributed by atoms with Crippen molar-refractivity contribution in [2.45, 2.75) is 13.0 Å². The normalized spacial score (nSPS) is 12.1. The maximum Gasteiger partial charge on any atom is 0.310 e. The smallest absolute Gasteiger partial charge is 0.310 e. The van der Waals surface area contributed by atoms with E-state index in [4.69, 9.17) is 4.74 Å².